The first kappa shape index (κ1) is 14.4. The monoisotopic (exact) mass is 275 g/mol. The molecule has 5 heteroatoms. The number of nitrogens with one attached hydrogen (secondary N) is 1. The van der Waals surface area contributed by atoms with E-state index in [1.54, 1.807) is 0 Å². The van der Waals surface area contributed by atoms with Crippen LogP contribution in [0.15, 0.2) is 24.3 Å². The summed E-state index contributed by atoms with van der Waals surface area (Å²) < 4.78 is 7.20. The number of rotatable bonds is 6. The Balaban J connectivity index is 2.27. The van der Waals surface area contributed by atoms with Crippen LogP contribution in [0.25, 0.3) is 11.0 Å². The molecular weight excluding hydrogens is 254 g/mol. The first-order chi connectivity index (χ1) is 9.65. The Morgan fingerprint density at radius 1 is 1.40 bits per heavy atom. The molecule has 0 aliphatic heterocycles. The highest BCUT2D eigenvalue weighted by Gasteiger charge is 2.15. The van der Waals surface area contributed by atoms with Crippen molar-refractivity contribution in [1.29, 1.82) is 0 Å². The van der Waals surface area contributed by atoms with Gasteiger partial charge in [-0.2, -0.15) is 0 Å². The van der Waals surface area contributed by atoms with Gasteiger partial charge < -0.3 is 10.1 Å². The van der Waals surface area contributed by atoms with Gasteiger partial charge in [-0.15, -0.1) is 0 Å². The quantitative estimate of drug-likeness (QED) is 0.824. The SMILES string of the molecule is CCNc1nc2ccccc2n1CC(=O)OC(C)CC. The number of imidazole rings is 1. The van der Waals surface area contributed by atoms with E-state index in [0.717, 1.165) is 24.0 Å². The van der Waals surface area contributed by atoms with Gasteiger partial charge in [0.05, 0.1) is 17.1 Å². The van der Waals surface area contributed by atoms with Gasteiger partial charge >= 0.3 is 5.97 Å². The fourth-order valence-electron chi connectivity index (χ4n) is 2.00. The van der Waals surface area contributed by atoms with Crippen LogP contribution in [-0.4, -0.2) is 28.2 Å². The smallest absolute Gasteiger partial charge is 0.326 e. The number of hydrogen-bond donors (Lipinski definition) is 1. The Hall–Kier alpha value is -2.04. The van der Waals surface area contributed by atoms with E-state index in [0.29, 0.717) is 5.95 Å². The van der Waals surface area contributed by atoms with Crippen molar-refractivity contribution in [2.45, 2.75) is 39.8 Å². The summed E-state index contributed by atoms with van der Waals surface area (Å²) in [5, 5.41) is 3.18. The molecule has 0 fully saturated rings. The average molecular weight is 275 g/mol. The fourth-order valence-corrected chi connectivity index (χ4v) is 2.00. The maximum Gasteiger partial charge on any atom is 0.326 e. The molecule has 0 bridgehead atoms. The van der Waals surface area contributed by atoms with Crippen LogP contribution in [0.2, 0.25) is 0 Å². The van der Waals surface area contributed by atoms with E-state index in [1.807, 2.05) is 49.6 Å². The van der Waals surface area contributed by atoms with E-state index in [4.69, 9.17) is 4.74 Å². The predicted molar refractivity (Wildman–Crippen MR) is 79.7 cm³/mol. The minimum Gasteiger partial charge on any atom is -0.461 e. The van der Waals surface area contributed by atoms with Crippen LogP contribution in [0.5, 0.6) is 0 Å². The van der Waals surface area contributed by atoms with E-state index >= 15 is 0 Å². The number of ether oxygens (including phenoxy) is 1. The summed E-state index contributed by atoms with van der Waals surface area (Å²) in [6.45, 7) is 6.82. The first-order valence-corrected chi connectivity index (χ1v) is 7.04. The molecule has 1 unspecified atom stereocenters. The Labute approximate surface area is 118 Å². The van der Waals surface area contributed by atoms with Gasteiger partial charge in [0.2, 0.25) is 5.95 Å². The number of para-hydroxylation sites is 2. The Bertz CT molecular complexity index is 592. The van der Waals surface area contributed by atoms with Crippen molar-refractivity contribution >= 4 is 23.0 Å². The summed E-state index contributed by atoms with van der Waals surface area (Å²) >= 11 is 0. The maximum atomic E-state index is 12.0. The molecule has 1 aromatic heterocycles. The number of nitrogens with zero attached hydrogens (tertiary/aromatic N) is 2. The highest BCUT2D eigenvalue weighted by Crippen LogP contribution is 2.19. The van der Waals surface area contributed by atoms with E-state index in [9.17, 15) is 4.79 Å². The van der Waals surface area contributed by atoms with Gasteiger partial charge in [-0.25, -0.2) is 4.98 Å². The van der Waals surface area contributed by atoms with Crippen LogP contribution in [0.3, 0.4) is 0 Å². The zero-order valence-electron chi connectivity index (χ0n) is 12.2. The molecule has 1 aromatic carbocycles. The number of aromatic nitrogens is 2. The highest BCUT2D eigenvalue weighted by molar-refractivity contribution is 5.81. The predicted octanol–water partition coefficient (Wildman–Crippen LogP) is 2.81. The summed E-state index contributed by atoms with van der Waals surface area (Å²) in [6, 6.07) is 7.77. The normalized spacial score (nSPS) is 12.3. The Kier molecular flexibility index (Phi) is 4.61. The van der Waals surface area contributed by atoms with E-state index in [1.165, 1.54) is 0 Å². The summed E-state index contributed by atoms with van der Waals surface area (Å²) in [4.78, 5) is 16.5. The summed E-state index contributed by atoms with van der Waals surface area (Å²) in [6.07, 6.45) is 0.760. The van der Waals surface area contributed by atoms with Crippen LogP contribution in [0.4, 0.5) is 5.95 Å². The molecule has 0 spiro atoms. The number of benzene rings is 1. The molecule has 0 aliphatic rings. The minimum absolute atomic E-state index is 0.0557. The fraction of sp³-hybridized carbons (Fsp3) is 0.467. The van der Waals surface area contributed by atoms with Gasteiger partial charge in [0, 0.05) is 6.54 Å². The second-order valence-corrected chi connectivity index (χ2v) is 4.75. The molecule has 108 valence electrons. The molecule has 0 aliphatic carbocycles. The molecule has 1 heterocycles. The lowest BCUT2D eigenvalue weighted by molar-refractivity contribution is -0.148. The van der Waals surface area contributed by atoms with Gasteiger partial charge in [0.25, 0.3) is 0 Å². The van der Waals surface area contributed by atoms with Crippen LogP contribution in [-0.2, 0) is 16.1 Å². The zero-order valence-corrected chi connectivity index (χ0v) is 12.2. The molecule has 0 saturated carbocycles. The zero-order chi connectivity index (χ0) is 14.5. The third-order valence-corrected chi connectivity index (χ3v) is 3.18. The number of esters is 1. The lowest BCUT2D eigenvalue weighted by Crippen LogP contribution is -2.20. The lowest BCUT2D eigenvalue weighted by Gasteiger charge is -2.13. The van der Waals surface area contributed by atoms with E-state index < -0.39 is 0 Å². The third kappa shape index (κ3) is 3.10. The molecule has 0 saturated heterocycles. The van der Waals surface area contributed by atoms with Crippen molar-refractivity contribution in [2.24, 2.45) is 0 Å². The third-order valence-electron chi connectivity index (χ3n) is 3.18. The number of carbonyl (C=O) groups excluding carboxylic acids is 1. The van der Waals surface area contributed by atoms with Gasteiger partial charge in [0.1, 0.15) is 6.54 Å². The van der Waals surface area contributed by atoms with Gasteiger partial charge in [0.15, 0.2) is 0 Å². The first-order valence-electron chi connectivity index (χ1n) is 7.04. The Morgan fingerprint density at radius 3 is 2.85 bits per heavy atom. The van der Waals surface area contributed by atoms with Crippen molar-refractivity contribution in [2.75, 3.05) is 11.9 Å². The van der Waals surface area contributed by atoms with Crippen molar-refractivity contribution in [3.63, 3.8) is 0 Å². The van der Waals surface area contributed by atoms with Crippen molar-refractivity contribution in [3.05, 3.63) is 24.3 Å². The number of hydrogen-bond acceptors (Lipinski definition) is 4. The maximum absolute atomic E-state index is 12.0. The largest absolute Gasteiger partial charge is 0.461 e. The summed E-state index contributed by atoms with van der Waals surface area (Å²) in [5.41, 5.74) is 1.81. The van der Waals surface area contributed by atoms with E-state index in [2.05, 4.69) is 10.3 Å². The van der Waals surface area contributed by atoms with Crippen molar-refractivity contribution in [1.82, 2.24) is 9.55 Å². The molecule has 1 atom stereocenters. The minimum atomic E-state index is -0.235. The molecular formula is C15H21N3O2. The van der Waals surface area contributed by atoms with Crippen LogP contribution in [0, 0.1) is 0 Å². The molecule has 2 aromatic rings. The number of anilines is 1. The standard InChI is InChI=1S/C15H21N3O2/c1-4-11(3)20-14(19)10-18-13-9-7-6-8-12(13)17-15(18)16-5-2/h6-9,11H,4-5,10H2,1-3H3,(H,16,17). The van der Waals surface area contributed by atoms with Crippen LogP contribution < -0.4 is 5.32 Å². The lowest BCUT2D eigenvalue weighted by atomic mass is 10.3. The molecule has 0 amide bonds. The average Bonchev–Trinajstić information content (AvgIpc) is 2.77. The number of carbonyl (C=O) groups is 1. The van der Waals surface area contributed by atoms with Gasteiger partial charge in [-0.1, -0.05) is 19.1 Å². The molecule has 20 heavy (non-hydrogen) atoms. The second-order valence-electron chi connectivity index (χ2n) is 4.75. The van der Waals surface area contributed by atoms with E-state index in [-0.39, 0.29) is 18.6 Å². The number of fused-ring (bicyclic) bond motifs is 1. The molecule has 5 nitrogen and oxygen atoms in total. The second kappa shape index (κ2) is 6.41. The molecule has 2 rings (SSSR count). The molecule has 0 radical (unpaired) electrons. The van der Waals surface area contributed by atoms with Crippen LogP contribution >= 0.6 is 0 Å². The summed E-state index contributed by atoms with van der Waals surface area (Å²) in [5.74, 6) is 0.469. The molecule has 1 N–H and O–H groups in total. The summed E-state index contributed by atoms with van der Waals surface area (Å²) in [7, 11) is 0. The van der Waals surface area contributed by atoms with Crippen molar-refractivity contribution in [3.8, 4) is 0 Å². The highest BCUT2D eigenvalue weighted by atomic mass is 16.5. The van der Waals surface area contributed by atoms with Crippen molar-refractivity contribution < 1.29 is 9.53 Å². The topological polar surface area (TPSA) is 56.2 Å². The van der Waals surface area contributed by atoms with Gasteiger partial charge in [-0.05, 0) is 32.4 Å². The van der Waals surface area contributed by atoms with Gasteiger partial charge in [-0.3, -0.25) is 9.36 Å². The van der Waals surface area contributed by atoms with Crippen LogP contribution in [0.1, 0.15) is 27.2 Å². The Morgan fingerprint density at radius 2 is 2.15 bits per heavy atom.